The van der Waals surface area contributed by atoms with Gasteiger partial charge in [-0.25, -0.2) is 0 Å². The van der Waals surface area contributed by atoms with Crippen molar-refractivity contribution in [1.82, 2.24) is 5.32 Å². The molecule has 2 aromatic carbocycles. The van der Waals surface area contributed by atoms with E-state index in [4.69, 9.17) is 11.6 Å². The van der Waals surface area contributed by atoms with Crippen molar-refractivity contribution in [3.63, 3.8) is 0 Å². The molecule has 0 aliphatic heterocycles. The van der Waals surface area contributed by atoms with Gasteiger partial charge in [0.25, 0.3) is 0 Å². The topological polar surface area (TPSA) is 41.1 Å². The van der Waals surface area contributed by atoms with E-state index in [1.54, 1.807) is 12.1 Å². The molecule has 0 spiro atoms. The fourth-order valence-electron chi connectivity index (χ4n) is 2.07. The van der Waals surface area contributed by atoms with Crippen LogP contribution in [0.2, 0.25) is 5.02 Å². The average molecular weight is 303 g/mol. The number of rotatable bonds is 6. The minimum absolute atomic E-state index is 0.0680. The molecule has 0 fully saturated rings. The molecule has 0 aliphatic carbocycles. The van der Waals surface area contributed by atoms with Gasteiger partial charge in [0.15, 0.2) is 0 Å². The smallest absolute Gasteiger partial charge is 0.238 e. The van der Waals surface area contributed by atoms with Crippen molar-refractivity contribution >= 4 is 23.2 Å². The maximum atomic E-state index is 11.8. The molecule has 1 amide bonds. The summed E-state index contributed by atoms with van der Waals surface area (Å²) in [5.41, 5.74) is 3.25. The number of hydrogen-bond donors (Lipinski definition) is 2. The normalized spacial score (nSPS) is 10.4. The number of anilines is 1. The molecular formula is C17H19ClN2O. The standard InChI is InChI=1S/C17H19ClN2O/c1-13-4-2-5-14(10-13)8-9-19-12-17(21)20-16-7-3-6-15(18)11-16/h2-7,10-11,19H,8-9,12H2,1H3,(H,20,21). The summed E-state index contributed by atoms with van der Waals surface area (Å²) >= 11 is 5.87. The van der Waals surface area contributed by atoms with Crippen molar-refractivity contribution in [2.45, 2.75) is 13.3 Å². The van der Waals surface area contributed by atoms with Crippen LogP contribution in [0.25, 0.3) is 0 Å². The number of aryl methyl sites for hydroxylation is 1. The molecule has 2 aromatic rings. The number of amides is 1. The molecule has 4 heteroatoms. The highest BCUT2D eigenvalue weighted by atomic mass is 35.5. The van der Waals surface area contributed by atoms with Crippen molar-refractivity contribution in [3.05, 3.63) is 64.7 Å². The molecule has 2 N–H and O–H groups in total. The molecular weight excluding hydrogens is 284 g/mol. The van der Waals surface area contributed by atoms with Gasteiger partial charge in [0.05, 0.1) is 6.54 Å². The highest BCUT2D eigenvalue weighted by Crippen LogP contribution is 2.14. The third kappa shape index (κ3) is 5.58. The third-order valence-electron chi connectivity index (χ3n) is 3.07. The third-order valence-corrected chi connectivity index (χ3v) is 3.30. The van der Waals surface area contributed by atoms with Crippen LogP contribution < -0.4 is 10.6 Å². The van der Waals surface area contributed by atoms with Crippen LogP contribution in [0.1, 0.15) is 11.1 Å². The fourth-order valence-corrected chi connectivity index (χ4v) is 2.26. The average Bonchev–Trinajstić information content (AvgIpc) is 2.44. The minimum Gasteiger partial charge on any atom is -0.325 e. The number of nitrogens with one attached hydrogen (secondary N) is 2. The molecule has 0 saturated heterocycles. The Bertz CT molecular complexity index is 613. The van der Waals surface area contributed by atoms with Gasteiger partial charge in [0, 0.05) is 10.7 Å². The van der Waals surface area contributed by atoms with Gasteiger partial charge < -0.3 is 10.6 Å². The summed E-state index contributed by atoms with van der Waals surface area (Å²) in [5, 5.41) is 6.56. The molecule has 0 radical (unpaired) electrons. The number of halogens is 1. The highest BCUT2D eigenvalue weighted by Gasteiger charge is 2.02. The first-order chi connectivity index (χ1) is 10.1. The quantitative estimate of drug-likeness (QED) is 0.803. The second-order valence-corrected chi connectivity index (χ2v) is 5.41. The van der Waals surface area contributed by atoms with Crippen molar-refractivity contribution in [1.29, 1.82) is 0 Å². The number of hydrogen-bond acceptors (Lipinski definition) is 2. The maximum absolute atomic E-state index is 11.8. The van der Waals surface area contributed by atoms with Crippen molar-refractivity contribution < 1.29 is 4.79 Å². The van der Waals surface area contributed by atoms with Crippen LogP contribution >= 0.6 is 11.6 Å². The number of benzene rings is 2. The lowest BCUT2D eigenvalue weighted by Crippen LogP contribution is -2.29. The lowest BCUT2D eigenvalue weighted by molar-refractivity contribution is -0.115. The summed E-state index contributed by atoms with van der Waals surface area (Å²) in [5.74, 6) is -0.0680. The van der Waals surface area contributed by atoms with Gasteiger partial charge in [-0.15, -0.1) is 0 Å². The summed E-state index contributed by atoms with van der Waals surface area (Å²) in [7, 11) is 0. The monoisotopic (exact) mass is 302 g/mol. The zero-order valence-electron chi connectivity index (χ0n) is 12.0. The molecule has 2 rings (SSSR count). The Morgan fingerprint density at radius 1 is 1.14 bits per heavy atom. The largest absolute Gasteiger partial charge is 0.325 e. The molecule has 0 bridgehead atoms. The SMILES string of the molecule is Cc1cccc(CCNCC(=O)Nc2cccc(Cl)c2)c1. The Morgan fingerprint density at radius 3 is 2.71 bits per heavy atom. The van der Waals surface area contributed by atoms with E-state index in [0.29, 0.717) is 17.3 Å². The van der Waals surface area contributed by atoms with Crippen molar-refractivity contribution in [2.24, 2.45) is 0 Å². The number of carbonyl (C=O) groups is 1. The lowest BCUT2D eigenvalue weighted by Gasteiger charge is -2.07. The van der Waals surface area contributed by atoms with Gasteiger partial charge >= 0.3 is 0 Å². The molecule has 0 unspecified atom stereocenters. The van der Waals surface area contributed by atoms with E-state index in [9.17, 15) is 4.79 Å². The molecule has 110 valence electrons. The summed E-state index contributed by atoms with van der Waals surface area (Å²) in [4.78, 5) is 11.8. The van der Waals surface area contributed by atoms with Crippen molar-refractivity contribution in [2.75, 3.05) is 18.4 Å². The molecule has 0 aliphatic rings. The summed E-state index contributed by atoms with van der Waals surface area (Å²) in [6, 6.07) is 15.5. The predicted molar refractivity (Wildman–Crippen MR) is 87.8 cm³/mol. The molecule has 0 atom stereocenters. The zero-order valence-corrected chi connectivity index (χ0v) is 12.8. The fraction of sp³-hybridized carbons (Fsp3) is 0.235. The van der Waals surface area contributed by atoms with Crippen LogP contribution in [-0.2, 0) is 11.2 Å². The van der Waals surface area contributed by atoms with Crippen LogP contribution in [-0.4, -0.2) is 19.0 Å². The molecule has 0 saturated carbocycles. The Hall–Kier alpha value is -1.84. The van der Waals surface area contributed by atoms with Gasteiger partial charge in [0.1, 0.15) is 0 Å². The van der Waals surface area contributed by atoms with E-state index in [0.717, 1.165) is 13.0 Å². The first-order valence-corrected chi connectivity index (χ1v) is 7.33. The van der Waals surface area contributed by atoms with Gasteiger partial charge in [-0.05, 0) is 43.7 Å². The number of carbonyl (C=O) groups excluding carboxylic acids is 1. The van der Waals surface area contributed by atoms with Gasteiger partial charge in [-0.3, -0.25) is 4.79 Å². The second-order valence-electron chi connectivity index (χ2n) is 4.97. The first-order valence-electron chi connectivity index (χ1n) is 6.95. The van der Waals surface area contributed by atoms with E-state index in [1.807, 2.05) is 12.1 Å². The van der Waals surface area contributed by atoms with Crippen LogP contribution in [0.4, 0.5) is 5.69 Å². The first kappa shape index (κ1) is 15.5. The maximum Gasteiger partial charge on any atom is 0.238 e. The van der Waals surface area contributed by atoms with Crippen LogP contribution in [0.5, 0.6) is 0 Å². The van der Waals surface area contributed by atoms with E-state index in [-0.39, 0.29) is 5.91 Å². The summed E-state index contributed by atoms with van der Waals surface area (Å²) in [6.07, 6.45) is 0.909. The lowest BCUT2D eigenvalue weighted by atomic mass is 10.1. The molecule has 21 heavy (non-hydrogen) atoms. The second kappa shape index (κ2) is 7.81. The Morgan fingerprint density at radius 2 is 1.95 bits per heavy atom. The van der Waals surface area contributed by atoms with Gasteiger partial charge in [-0.1, -0.05) is 47.5 Å². The van der Waals surface area contributed by atoms with E-state index in [2.05, 4.69) is 41.8 Å². The minimum atomic E-state index is -0.0680. The molecule has 0 aromatic heterocycles. The summed E-state index contributed by atoms with van der Waals surface area (Å²) < 4.78 is 0. The van der Waals surface area contributed by atoms with Crippen LogP contribution in [0.15, 0.2) is 48.5 Å². The van der Waals surface area contributed by atoms with Gasteiger partial charge in [-0.2, -0.15) is 0 Å². The Kier molecular flexibility index (Phi) is 5.78. The van der Waals surface area contributed by atoms with Crippen molar-refractivity contribution in [3.8, 4) is 0 Å². The summed E-state index contributed by atoms with van der Waals surface area (Å²) in [6.45, 7) is 3.14. The molecule has 0 heterocycles. The van der Waals surface area contributed by atoms with Gasteiger partial charge in [0.2, 0.25) is 5.91 Å². The van der Waals surface area contributed by atoms with E-state index in [1.165, 1.54) is 11.1 Å². The highest BCUT2D eigenvalue weighted by molar-refractivity contribution is 6.30. The predicted octanol–water partition coefficient (Wildman–Crippen LogP) is 3.42. The van der Waals surface area contributed by atoms with Crippen LogP contribution in [0.3, 0.4) is 0 Å². The molecule has 3 nitrogen and oxygen atoms in total. The van der Waals surface area contributed by atoms with Crippen LogP contribution in [0, 0.1) is 6.92 Å². The zero-order chi connectivity index (χ0) is 15.1. The van der Waals surface area contributed by atoms with E-state index < -0.39 is 0 Å². The van der Waals surface area contributed by atoms with E-state index >= 15 is 0 Å². The Balaban J connectivity index is 1.70. The Labute approximate surface area is 130 Å².